The molecule has 0 aliphatic heterocycles. The minimum Gasteiger partial charge on any atom is -0.479 e. The summed E-state index contributed by atoms with van der Waals surface area (Å²) in [5.74, 6) is -1.31. The molecule has 1 N–H and O–H groups in total. The van der Waals surface area contributed by atoms with Crippen molar-refractivity contribution in [2.75, 3.05) is 6.61 Å². The molecule has 17 heavy (non-hydrogen) atoms. The first-order valence-corrected chi connectivity index (χ1v) is 5.72. The van der Waals surface area contributed by atoms with Gasteiger partial charge in [-0.3, -0.25) is 0 Å². The van der Waals surface area contributed by atoms with Gasteiger partial charge in [-0.15, -0.1) is 0 Å². The van der Waals surface area contributed by atoms with Gasteiger partial charge in [0.15, 0.2) is 6.10 Å². The van der Waals surface area contributed by atoms with E-state index in [0.717, 1.165) is 18.4 Å². The Balaban J connectivity index is 2.54. The number of carboxylic acid groups (broad SMARTS) is 1. The number of benzene rings is 1. The number of carboxylic acids is 1. The van der Waals surface area contributed by atoms with E-state index < -0.39 is 12.1 Å². The lowest BCUT2D eigenvalue weighted by molar-refractivity contribution is -0.150. The van der Waals surface area contributed by atoms with Gasteiger partial charge in [-0.1, -0.05) is 25.5 Å². The van der Waals surface area contributed by atoms with Crippen LogP contribution < -0.4 is 0 Å². The van der Waals surface area contributed by atoms with Crippen LogP contribution in [0.1, 0.15) is 25.3 Å². The second-order valence-electron chi connectivity index (χ2n) is 3.88. The molecule has 0 spiro atoms. The van der Waals surface area contributed by atoms with Crippen molar-refractivity contribution in [1.29, 1.82) is 0 Å². The van der Waals surface area contributed by atoms with E-state index in [-0.39, 0.29) is 12.2 Å². The van der Waals surface area contributed by atoms with Gasteiger partial charge in [-0.05, 0) is 24.1 Å². The Morgan fingerprint density at radius 1 is 1.41 bits per heavy atom. The number of carbonyl (C=O) groups is 1. The van der Waals surface area contributed by atoms with Crippen molar-refractivity contribution >= 4 is 5.97 Å². The first kappa shape index (κ1) is 13.6. The molecule has 0 saturated heterocycles. The van der Waals surface area contributed by atoms with E-state index in [4.69, 9.17) is 9.84 Å². The summed E-state index contributed by atoms with van der Waals surface area (Å²) in [5, 5.41) is 8.99. The lowest BCUT2D eigenvalue weighted by Crippen LogP contribution is -2.26. The number of rotatable bonds is 7. The van der Waals surface area contributed by atoms with Gasteiger partial charge in [0, 0.05) is 13.0 Å². The first-order valence-electron chi connectivity index (χ1n) is 5.72. The van der Waals surface area contributed by atoms with Gasteiger partial charge in [0.25, 0.3) is 0 Å². The smallest absolute Gasteiger partial charge is 0.333 e. The zero-order chi connectivity index (χ0) is 12.7. The molecule has 1 atom stereocenters. The van der Waals surface area contributed by atoms with Crippen molar-refractivity contribution < 1.29 is 19.0 Å². The van der Waals surface area contributed by atoms with Crippen LogP contribution in [0.2, 0.25) is 0 Å². The van der Waals surface area contributed by atoms with Crippen molar-refractivity contribution in [3.05, 3.63) is 35.6 Å². The molecule has 0 heterocycles. The molecule has 1 rings (SSSR count). The van der Waals surface area contributed by atoms with Gasteiger partial charge in [-0.25, -0.2) is 9.18 Å². The summed E-state index contributed by atoms with van der Waals surface area (Å²) in [6.45, 7) is 2.45. The molecule has 0 unspecified atom stereocenters. The number of aliphatic carboxylic acids is 1. The summed E-state index contributed by atoms with van der Waals surface area (Å²) in [7, 11) is 0. The number of hydrogen-bond acceptors (Lipinski definition) is 2. The Morgan fingerprint density at radius 3 is 2.59 bits per heavy atom. The van der Waals surface area contributed by atoms with Gasteiger partial charge in [0.1, 0.15) is 5.82 Å². The van der Waals surface area contributed by atoms with E-state index in [9.17, 15) is 9.18 Å². The Kier molecular flexibility index (Phi) is 5.63. The van der Waals surface area contributed by atoms with Gasteiger partial charge >= 0.3 is 5.97 Å². The molecule has 1 aromatic rings. The summed E-state index contributed by atoms with van der Waals surface area (Å²) in [6.07, 6.45) is 1.21. The molecule has 0 radical (unpaired) electrons. The molecule has 3 nitrogen and oxygen atoms in total. The summed E-state index contributed by atoms with van der Waals surface area (Å²) in [6, 6.07) is 5.80. The van der Waals surface area contributed by atoms with Crippen LogP contribution in [0.25, 0.3) is 0 Å². The molecular formula is C13H17FO3. The van der Waals surface area contributed by atoms with E-state index >= 15 is 0 Å². The van der Waals surface area contributed by atoms with Crippen LogP contribution in [0.5, 0.6) is 0 Å². The molecule has 94 valence electrons. The normalized spacial score (nSPS) is 12.4. The van der Waals surface area contributed by atoms with Gasteiger partial charge in [0.2, 0.25) is 0 Å². The Morgan fingerprint density at radius 2 is 2.06 bits per heavy atom. The van der Waals surface area contributed by atoms with E-state index in [2.05, 4.69) is 0 Å². The lowest BCUT2D eigenvalue weighted by Gasteiger charge is -2.13. The molecule has 0 bridgehead atoms. The zero-order valence-corrected chi connectivity index (χ0v) is 9.86. The molecule has 0 saturated carbocycles. The summed E-state index contributed by atoms with van der Waals surface area (Å²) in [5.41, 5.74) is 0.760. The van der Waals surface area contributed by atoms with Crippen LogP contribution in [0, 0.1) is 5.82 Å². The maximum absolute atomic E-state index is 12.7. The third-order valence-electron chi connectivity index (χ3n) is 2.43. The third-order valence-corrected chi connectivity index (χ3v) is 2.43. The highest BCUT2D eigenvalue weighted by Gasteiger charge is 2.18. The second kappa shape index (κ2) is 7.01. The number of halogens is 1. The van der Waals surface area contributed by atoms with Gasteiger partial charge in [-0.2, -0.15) is 0 Å². The lowest BCUT2D eigenvalue weighted by atomic mass is 10.1. The Labute approximate surface area is 100 Å². The molecule has 0 amide bonds. The highest BCUT2D eigenvalue weighted by atomic mass is 19.1. The monoisotopic (exact) mass is 240 g/mol. The minimum absolute atomic E-state index is 0.263. The molecule has 0 fully saturated rings. The SMILES string of the molecule is CCCCO[C@@H](Cc1ccc(F)cc1)C(=O)O. The van der Waals surface area contributed by atoms with Crippen molar-refractivity contribution in [3.63, 3.8) is 0 Å². The Bertz CT molecular complexity index is 348. The van der Waals surface area contributed by atoms with E-state index in [1.165, 1.54) is 12.1 Å². The Hall–Kier alpha value is -1.42. The van der Waals surface area contributed by atoms with Crippen LogP contribution >= 0.6 is 0 Å². The molecule has 4 heteroatoms. The largest absolute Gasteiger partial charge is 0.479 e. The maximum atomic E-state index is 12.7. The van der Waals surface area contributed by atoms with Crippen molar-refractivity contribution in [3.8, 4) is 0 Å². The third kappa shape index (κ3) is 4.95. The number of hydrogen-bond donors (Lipinski definition) is 1. The van der Waals surface area contributed by atoms with Gasteiger partial charge < -0.3 is 9.84 Å². The number of unbranched alkanes of at least 4 members (excludes halogenated alkanes) is 1. The predicted molar refractivity (Wildman–Crippen MR) is 62.4 cm³/mol. The first-order chi connectivity index (χ1) is 8.13. The molecule has 0 aliphatic rings. The second-order valence-corrected chi connectivity index (χ2v) is 3.88. The standard InChI is InChI=1S/C13H17FO3/c1-2-3-8-17-12(13(15)16)9-10-4-6-11(14)7-5-10/h4-7,12H,2-3,8-9H2,1H3,(H,15,16)/t12-/m0/s1. The maximum Gasteiger partial charge on any atom is 0.333 e. The summed E-state index contributed by atoms with van der Waals surface area (Å²) < 4.78 is 18.0. The van der Waals surface area contributed by atoms with Crippen molar-refractivity contribution in [1.82, 2.24) is 0 Å². The van der Waals surface area contributed by atoms with Crippen LogP contribution in [0.15, 0.2) is 24.3 Å². The van der Waals surface area contributed by atoms with Crippen LogP contribution in [-0.2, 0) is 16.0 Å². The quantitative estimate of drug-likeness (QED) is 0.745. The van der Waals surface area contributed by atoms with Crippen molar-refractivity contribution in [2.45, 2.75) is 32.3 Å². The molecule has 1 aromatic carbocycles. The number of ether oxygens (including phenoxy) is 1. The van der Waals surface area contributed by atoms with Crippen LogP contribution in [0.3, 0.4) is 0 Å². The molecule has 0 aromatic heterocycles. The zero-order valence-electron chi connectivity index (χ0n) is 9.86. The highest BCUT2D eigenvalue weighted by molar-refractivity contribution is 5.72. The van der Waals surface area contributed by atoms with E-state index in [1.54, 1.807) is 12.1 Å². The molecule has 0 aliphatic carbocycles. The average molecular weight is 240 g/mol. The minimum atomic E-state index is -0.981. The fraction of sp³-hybridized carbons (Fsp3) is 0.462. The van der Waals surface area contributed by atoms with Crippen molar-refractivity contribution in [2.24, 2.45) is 0 Å². The van der Waals surface area contributed by atoms with Crippen LogP contribution in [-0.4, -0.2) is 23.8 Å². The average Bonchev–Trinajstić information content (AvgIpc) is 2.30. The summed E-state index contributed by atoms with van der Waals surface area (Å²) >= 11 is 0. The van der Waals surface area contributed by atoms with E-state index in [1.807, 2.05) is 6.92 Å². The summed E-state index contributed by atoms with van der Waals surface area (Å²) in [4.78, 5) is 11.0. The highest BCUT2D eigenvalue weighted by Crippen LogP contribution is 2.09. The molecular weight excluding hydrogens is 223 g/mol. The fourth-order valence-corrected chi connectivity index (χ4v) is 1.42. The predicted octanol–water partition coefficient (Wildman–Crippen LogP) is 2.64. The topological polar surface area (TPSA) is 46.5 Å². The van der Waals surface area contributed by atoms with E-state index in [0.29, 0.717) is 6.61 Å². The van der Waals surface area contributed by atoms with Gasteiger partial charge in [0.05, 0.1) is 0 Å². The van der Waals surface area contributed by atoms with Crippen LogP contribution in [0.4, 0.5) is 4.39 Å². The fourth-order valence-electron chi connectivity index (χ4n) is 1.42.